The van der Waals surface area contributed by atoms with E-state index in [0.29, 0.717) is 5.56 Å². The van der Waals surface area contributed by atoms with Crippen molar-refractivity contribution >= 4 is 11.6 Å². The van der Waals surface area contributed by atoms with E-state index in [4.69, 9.17) is 11.6 Å². The Morgan fingerprint density at radius 1 is 1.12 bits per heavy atom. The topological polar surface area (TPSA) is 20.2 Å². The summed E-state index contributed by atoms with van der Waals surface area (Å²) in [5, 5.41) is 10.4. The molecule has 1 unspecified atom stereocenters. The molecule has 0 spiro atoms. The second-order valence-corrected chi connectivity index (χ2v) is 4.30. The van der Waals surface area contributed by atoms with Crippen LogP contribution in [0.4, 0.5) is 4.39 Å². The van der Waals surface area contributed by atoms with Crippen molar-refractivity contribution in [1.82, 2.24) is 0 Å². The van der Waals surface area contributed by atoms with Crippen molar-refractivity contribution in [2.75, 3.05) is 0 Å². The fourth-order valence-corrected chi connectivity index (χ4v) is 2.09. The van der Waals surface area contributed by atoms with Crippen molar-refractivity contribution in [2.45, 2.75) is 13.0 Å². The van der Waals surface area contributed by atoms with Gasteiger partial charge in [-0.15, -0.1) is 0 Å². The summed E-state index contributed by atoms with van der Waals surface area (Å²) in [6.45, 7) is 1.87. The van der Waals surface area contributed by atoms with E-state index in [2.05, 4.69) is 0 Å². The Balaban J connectivity index is 2.51. The van der Waals surface area contributed by atoms with Gasteiger partial charge < -0.3 is 5.11 Å². The van der Waals surface area contributed by atoms with Gasteiger partial charge >= 0.3 is 0 Å². The molecule has 0 saturated heterocycles. The molecule has 0 fully saturated rings. The zero-order valence-corrected chi connectivity index (χ0v) is 10.1. The highest BCUT2D eigenvalue weighted by Crippen LogP contribution is 2.31. The van der Waals surface area contributed by atoms with Gasteiger partial charge in [0.2, 0.25) is 0 Å². The number of hydrogen-bond acceptors (Lipinski definition) is 1. The summed E-state index contributed by atoms with van der Waals surface area (Å²) in [5.74, 6) is -0.492. The molecule has 1 atom stereocenters. The maximum atomic E-state index is 13.7. The predicted octanol–water partition coefficient (Wildman–Crippen LogP) is 3.87. The zero-order chi connectivity index (χ0) is 12.4. The molecule has 2 rings (SSSR count). The zero-order valence-electron chi connectivity index (χ0n) is 9.32. The van der Waals surface area contributed by atoms with Crippen molar-refractivity contribution in [3.8, 4) is 0 Å². The number of benzene rings is 2. The first-order chi connectivity index (χ1) is 8.11. The number of halogens is 2. The first-order valence-electron chi connectivity index (χ1n) is 5.28. The fourth-order valence-electron chi connectivity index (χ4n) is 1.82. The van der Waals surface area contributed by atoms with Crippen LogP contribution in [0.25, 0.3) is 0 Å². The van der Waals surface area contributed by atoms with Crippen LogP contribution in [0.15, 0.2) is 42.5 Å². The molecule has 0 radical (unpaired) electrons. The van der Waals surface area contributed by atoms with Crippen LogP contribution >= 0.6 is 11.6 Å². The molecule has 1 nitrogen and oxygen atoms in total. The van der Waals surface area contributed by atoms with Crippen molar-refractivity contribution in [1.29, 1.82) is 0 Å². The Hall–Kier alpha value is -1.38. The number of aryl methyl sites for hydroxylation is 1. The molecule has 2 aromatic carbocycles. The van der Waals surface area contributed by atoms with Crippen LogP contribution < -0.4 is 0 Å². The number of aliphatic hydroxyl groups is 1. The molecule has 2 aromatic rings. The normalized spacial score (nSPS) is 12.5. The average molecular weight is 251 g/mol. The molecule has 17 heavy (non-hydrogen) atoms. The van der Waals surface area contributed by atoms with Crippen LogP contribution in [-0.2, 0) is 0 Å². The highest BCUT2D eigenvalue weighted by Gasteiger charge is 2.19. The highest BCUT2D eigenvalue weighted by atomic mass is 35.5. The van der Waals surface area contributed by atoms with Gasteiger partial charge in [-0.2, -0.15) is 0 Å². The summed E-state index contributed by atoms with van der Waals surface area (Å²) in [6.07, 6.45) is -1.04. The molecule has 0 amide bonds. The van der Waals surface area contributed by atoms with Gasteiger partial charge in [-0.3, -0.25) is 0 Å². The Morgan fingerprint density at radius 3 is 2.47 bits per heavy atom. The summed E-state index contributed by atoms with van der Waals surface area (Å²) in [6, 6.07) is 11.7. The summed E-state index contributed by atoms with van der Waals surface area (Å²) in [7, 11) is 0. The Labute approximate surface area is 104 Å². The van der Waals surface area contributed by atoms with E-state index in [1.165, 1.54) is 12.1 Å². The van der Waals surface area contributed by atoms with Gasteiger partial charge in [0.25, 0.3) is 0 Å². The average Bonchev–Trinajstić information content (AvgIpc) is 2.29. The second kappa shape index (κ2) is 4.86. The molecule has 0 aromatic heterocycles. The molecule has 0 aliphatic carbocycles. The van der Waals surface area contributed by atoms with E-state index in [-0.39, 0.29) is 10.6 Å². The van der Waals surface area contributed by atoms with Crippen molar-refractivity contribution in [3.63, 3.8) is 0 Å². The van der Waals surface area contributed by atoms with E-state index < -0.39 is 11.9 Å². The molecule has 0 heterocycles. The van der Waals surface area contributed by atoms with Crippen LogP contribution in [0.2, 0.25) is 5.02 Å². The van der Waals surface area contributed by atoms with E-state index in [1.807, 2.05) is 19.1 Å². The molecule has 0 aliphatic rings. The lowest BCUT2D eigenvalue weighted by molar-refractivity contribution is 0.214. The largest absolute Gasteiger partial charge is 0.383 e. The first kappa shape index (κ1) is 12.1. The van der Waals surface area contributed by atoms with Gasteiger partial charge in [0.1, 0.15) is 11.9 Å². The summed E-state index contributed by atoms with van der Waals surface area (Å²) in [5.41, 5.74) is 1.70. The fraction of sp³-hybridized carbons (Fsp3) is 0.143. The van der Waals surface area contributed by atoms with Gasteiger partial charge in [0.05, 0.1) is 0 Å². The van der Waals surface area contributed by atoms with Crippen molar-refractivity contribution < 1.29 is 9.50 Å². The van der Waals surface area contributed by atoms with Crippen molar-refractivity contribution in [2.24, 2.45) is 0 Å². The van der Waals surface area contributed by atoms with Crippen molar-refractivity contribution in [3.05, 3.63) is 70.0 Å². The Morgan fingerprint density at radius 2 is 1.82 bits per heavy atom. The van der Waals surface area contributed by atoms with Gasteiger partial charge in [-0.25, -0.2) is 4.39 Å². The summed E-state index contributed by atoms with van der Waals surface area (Å²) < 4.78 is 13.7. The van der Waals surface area contributed by atoms with Crippen LogP contribution in [0, 0.1) is 12.7 Å². The number of hydrogen-bond donors (Lipinski definition) is 1. The number of aliphatic hydroxyl groups excluding tert-OH is 1. The predicted molar refractivity (Wildman–Crippen MR) is 66.7 cm³/mol. The lowest BCUT2D eigenvalue weighted by Gasteiger charge is -2.16. The molecule has 88 valence electrons. The molecular weight excluding hydrogens is 239 g/mol. The molecule has 1 N–H and O–H groups in total. The first-order valence-corrected chi connectivity index (χ1v) is 5.66. The third kappa shape index (κ3) is 2.33. The minimum Gasteiger partial charge on any atom is -0.383 e. The number of rotatable bonds is 2. The van der Waals surface area contributed by atoms with Gasteiger partial charge in [-0.1, -0.05) is 41.9 Å². The molecule has 0 aliphatic heterocycles. The van der Waals surface area contributed by atoms with Crippen LogP contribution in [0.5, 0.6) is 0 Å². The Kier molecular flexibility index (Phi) is 3.46. The van der Waals surface area contributed by atoms with E-state index >= 15 is 0 Å². The smallest absolute Gasteiger partial charge is 0.130 e. The molecule has 0 saturated carbocycles. The quantitative estimate of drug-likeness (QED) is 0.858. The highest BCUT2D eigenvalue weighted by molar-refractivity contribution is 6.31. The van der Waals surface area contributed by atoms with E-state index in [0.717, 1.165) is 5.56 Å². The lowest BCUT2D eigenvalue weighted by atomic mass is 9.97. The van der Waals surface area contributed by atoms with Crippen LogP contribution in [0.3, 0.4) is 0 Å². The standard InChI is InChI=1S/C14H12ClFO/c1-9-5-2-3-6-10(9)14(17)13-11(15)7-4-8-12(13)16/h2-8,14,17H,1H3. The molecular formula is C14H12ClFO. The third-order valence-corrected chi connectivity index (χ3v) is 3.09. The van der Waals surface area contributed by atoms with Gasteiger partial charge in [0, 0.05) is 10.6 Å². The third-order valence-electron chi connectivity index (χ3n) is 2.76. The minimum absolute atomic E-state index is 0.128. The summed E-state index contributed by atoms with van der Waals surface area (Å²) >= 11 is 5.93. The summed E-state index contributed by atoms with van der Waals surface area (Å²) in [4.78, 5) is 0. The monoisotopic (exact) mass is 250 g/mol. The Bertz CT molecular complexity index is 519. The second-order valence-electron chi connectivity index (χ2n) is 3.89. The van der Waals surface area contributed by atoms with E-state index in [9.17, 15) is 9.50 Å². The lowest BCUT2D eigenvalue weighted by Crippen LogP contribution is -2.05. The molecule has 0 bridgehead atoms. The maximum Gasteiger partial charge on any atom is 0.130 e. The van der Waals surface area contributed by atoms with Crippen LogP contribution in [0.1, 0.15) is 22.8 Å². The molecule has 3 heteroatoms. The van der Waals surface area contributed by atoms with Crippen LogP contribution in [-0.4, -0.2) is 5.11 Å². The van der Waals surface area contributed by atoms with Gasteiger partial charge in [0.15, 0.2) is 0 Å². The SMILES string of the molecule is Cc1ccccc1C(O)c1c(F)cccc1Cl. The minimum atomic E-state index is -1.04. The van der Waals surface area contributed by atoms with E-state index in [1.54, 1.807) is 18.2 Å². The van der Waals surface area contributed by atoms with Gasteiger partial charge in [-0.05, 0) is 30.2 Å². The maximum absolute atomic E-state index is 13.7.